The molecule has 0 bridgehead atoms. The van der Waals surface area contributed by atoms with Crippen LogP contribution in [-0.4, -0.2) is 63.7 Å². The standard InChI is InChI=1S/C17H26N6O/c1-4-22(5-2)10-6-9-21(3)17(24)14-7-8-16(15(18)11-14)23-12-19-20-13-23/h7-8,11-13H,4-6,9-10,18H2,1-3H3. The van der Waals surface area contributed by atoms with Gasteiger partial charge in [0, 0.05) is 19.2 Å². The molecule has 7 nitrogen and oxygen atoms in total. The summed E-state index contributed by atoms with van der Waals surface area (Å²) in [5.74, 6) is -0.0171. The van der Waals surface area contributed by atoms with Crippen molar-refractivity contribution in [2.45, 2.75) is 20.3 Å². The van der Waals surface area contributed by atoms with Gasteiger partial charge in [-0.15, -0.1) is 10.2 Å². The molecule has 1 amide bonds. The third-order valence-electron chi connectivity index (χ3n) is 4.18. The minimum absolute atomic E-state index is 0.0171. The highest BCUT2D eigenvalue weighted by Gasteiger charge is 2.14. The van der Waals surface area contributed by atoms with Crippen molar-refractivity contribution in [3.05, 3.63) is 36.4 Å². The van der Waals surface area contributed by atoms with Crippen molar-refractivity contribution in [1.82, 2.24) is 24.6 Å². The molecule has 2 N–H and O–H groups in total. The zero-order chi connectivity index (χ0) is 17.5. The average Bonchev–Trinajstić information content (AvgIpc) is 3.12. The first-order valence-electron chi connectivity index (χ1n) is 8.29. The van der Waals surface area contributed by atoms with Gasteiger partial charge >= 0.3 is 0 Å². The normalized spacial score (nSPS) is 11.0. The zero-order valence-electron chi connectivity index (χ0n) is 14.6. The first kappa shape index (κ1) is 17.9. The fraction of sp³-hybridized carbons (Fsp3) is 0.471. The lowest BCUT2D eigenvalue weighted by Gasteiger charge is -2.21. The second-order valence-corrected chi connectivity index (χ2v) is 5.75. The van der Waals surface area contributed by atoms with Gasteiger partial charge in [0.2, 0.25) is 0 Å². The number of nitrogens with zero attached hydrogens (tertiary/aromatic N) is 5. The first-order chi connectivity index (χ1) is 11.6. The SMILES string of the molecule is CCN(CC)CCCN(C)C(=O)c1ccc(-n2cnnc2)c(N)c1. The molecule has 0 saturated carbocycles. The summed E-state index contributed by atoms with van der Waals surface area (Å²) in [6, 6.07) is 5.31. The Balaban J connectivity index is 1.98. The number of carbonyl (C=O) groups is 1. The molecular formula is C17H26N6O. The van der Waals surface area contributed by atoms with Crippen molar-refractivity contribution in [3.63, 3.8) is 0 Å². The Hall–Kier alpha value is -2.41. The van der Waals surface area contributed by atoms with Crippen LogP contribution in [-0.2, 0) is 0 Å². The molecule has 24 heavy (non-hydrogen) atoms. The number of benzene rings is 1. The lowest BCUT2D eigenvalue weighted by Crippen LogP contribution is -2.31. The number of anilines is 1. The van der Waals surface area contributed by atoms with Gasteiger partial charge in [-0.25, -0.2) is 0 Å². The number of aromatic nitrogens is 3. The van der Waals surface area contributed by atoms with Gasteiger partial charge in [0.25, 0.3) is 5.91 Å². The molecule has 2 rings (SSSR count). The van der Waals surface area contributed by atoms with Crippen molar-refractivity contribution >= 4 is 11.6 Å². The van der Waals surface area contributed by atoms with Crippen molar-refractivity contribution in [3.8, 4) is 5.69 Å². The molecule has 130 valence electrons. The van der Waals surface area contributed by atoms with Crippen LogP contribution in [0.5, 0.6) is 0 Å². The van der Waals surface area contributed by atoms with Crippen LogP contribution in [0.25, 0.3) is 5.69 Å². The van der Waals surface area contributed by atoms with Crippen molar-refractivity contribution in [2.24, 2.45) is 0 Å². The summed E-state index contributed by atoms with van der Waals surface area (Å²) in [5, 5.41) is 7.53. The van der Waals surface area contributed by atoms with Gasteiger partial charge in [-0.05, 0) is 44.3 Å². The maximum absolute atomic E-state index is 12.5. The highest BCUT2D eigenvalue weighted by Crippen LogP contribution is 2.19. The molecule has 1 aromatic carbocycles. The quantitative estimate of drug-likeness (QED) is 0.745. The molecule has 0 fully saturated rings. The number of rotatable bonds is 8. The lowest BCUT2D eigenvalue weighted by molar-refractivity contribution is 0.0789. The van der Waals surface area contributed by atoms with E-state index in [1.165, 1.54) is 0 Å². The van der Waals surface area contributed by atoms with Crippen LogP contribution in [0.2, 0.25) is 0 Å². The van der Waals surface area contributed by atoms with E-state index in [-0.39, 0.29) is 5.91 Å². The fourth-order valence-electron chi connectivity index (χ4n) is 2.64. The first-order valence-corrected chi connectivity index (χ1v) is 8.29. The number of hydrogen-bond acceptors (Lipinski definition) is 5. The summed E-state index contributed by atoms with van der Waals surface area (Å²) < 4.78 is 1.72. The second-order valence-electron chi connectivity index (χ2n) is 5.75. The number of amides is 1. The van der Waals surface area contributed by atoms with Crippen molar-refractivity contribution in [1.29, 1.82) is 0 Å². The van der Waals surface area contributed by atoms with Crippen LogP contribution in [0.15, 0.2) is 30.9 Å². The lowest BCUT2D eigenvalue weighted by atomic mass is 10.1. The zero-order valence-corrected chi connectivity index (χ0v) is 14.6. The predicted molar refractivity (Wildman–Crippen MR) is 95.1 cm³/mol. The molecule has 0 spiro atoms. The van der Waals surface area contributed by atoms with E-state index in [0.29, 0.717) is 11.3 Å². The molecule has 1 aromatic heterocycles. The Morgan fingerprint density at radius 3 is 2.42 bits per heavy atom. The van der Waals surface area contributed by atoms with E-state index in [0.717, 1.165) is 38.3 Å². The molecule has 1 heterocycles. The summed E-state index contributed by atoms with van der Waals surface area (Å²) in [7, 11) is 1.83. The molecular weight excluding hydrogens is 304 g/mol. The minimum Gasteiger partial charge on any atom is -0.397 e. The van der Waals surface area contributed by atoms with Gasteiger partial charge in [0.05, 0.1) is 11.4 Å². The van der Waals surface area contributed by atoms with E-state index in [1.807, 2.05) is 13.1 Å². The predicted octanol–water partition coefficient (Wildman–Crippen LogP) is 1.65. The molecule has 0 saturated heterocycles. The molecule has 0 aliphatic heterocycles. The Morgan fingerprint density at radius 2 is 1.83 bits per heavy atom. The van der Waals surface area contributed by atoms with Crippen LogP contribution < -0.4 is 5.73 Å². The minimum atomic E-state index is -0.0171. The van der Waals surface area contributed by atoms with E-state index in [1.54, 1.807) is 34.3 Å². The molecule has 0 aliphatic rings. The van der Waals surface area contributed by atoms with Gasteiger partial charge in [0.15, 0.2) is 0 Å². The third kappa shape index (κ3) is 4.32. The number of nitrogens with two attached hydrogens (primary N) is 1. The van der Waals surface area contributed by atoms with Gasteiger partial charge in [-0.3, -0.25) is 9.36 Å². The van der Waals surface area contributed by atoms with Crippen LogP contribution in [0.4, 0.5) is 5.69 Å². The van der Waals surface area contributed by atoms with Gasteiger partial charge in [0.1, 0.15) is 12.7 Å². The third-order valence-corrected chi connectivity index (χ3v) is 4.18. The maximum Gasteiger partial charge on any atom is 0.253 e. The fourth-order valence-corrected chi connectivity index (χ4v) is 2.64. The van der Waals surface area contributed by atoms with E-state index in [9.17, 15) is 4.79 Å². The van der Waals surface area contributed by atoms with Crippen molar-refractivity contribution < 1.29 is 4.79 Å². The van der Waals surface area contributed by atoms with Crippen molar-refractivity contribution in [2.75, 3.05) is 39.0 Å². The maximum atomic E-state index is 12.5. The topological polar surface area (TPSA) is 80.3 Å². The summed E-state index contributed by atoms with van der Waals surface area (Å²) >= 11 is 0. The average molecular weight is 330 g/mol. The van der Waals surface area contributed by atoms with E-state index >= 15 is 0 Å². The van der Waals surface area contributed by atoms with Crippen LogP contribution in [0.3, 0.4) is 0 Å². The van der Waals surface area contributed by atoms with E-state index < -0.39 is 0 Å². The largest absolute Gasteiger partial charge is 0.397 e. The monoisotopic (exact) mass is 330 g/mol. The Labute approximate surface area is 143 Å². The summed E-state index contributed by atoms with van der Waals surface area (Å²) in [5.41, 5.74) is 7.95. The number of nitrogen functional groups attached to an aromatic ring is 1. The molecule has 0 aliphatic carbocycles. The second kappa shape index (κ2) is 8.44. The smallest absolute Gasteiger partial charge is 0.253 e. The van der Waals surface area contributed by atoms with Crippen LogP contribution in [0.1, 0.15) is 30.6 Å². The Kier molecular flexibility index (Phi) is 6.31. The molecule has 0 unspecified atom stereocenters. The Morgan fingerprint density at radius 1 is 1.17 bits per heavy atom. The summed E-state index contributed by atoms with van der Waals surface area (Å²) in [6.45, 7) is 8.10. The molecule has 0 radical (unpaired) electrons. The van der Waals surface area contributed by atoms with Crippen LogP contribution in [0, 0.1) is 0 Å². The molecule has 2 aromatic rings. The van der Waals surface area contributed by atoms with Gasteiger partial charge in [-0.1, -0.05) is 13.8 Å². The number of carbonyl (C=O) groups excluding carboxylic acids is 1. The van der Waals surface area contributed by atoms with E-state index in [2.05, 4.69) is 28.9 Å². The van der Waals surface area contributed by atoms with E-state index in [4.69, 9.17) is 5.73 Å². The van der Waals surface area contributed by atoms with Gasteiger partial charge in [-0.2, -0.15) is 0 Å². The molecule has 0 atom stereocenters. The summed E-state index contributed by atoms with van der Waals surface area (Å²) in [4.78, 5) is 16.6. The highest BCUT2D eigenvalue weighted by atomic mass is 16.2. The highest BCUT2D eigenvalue weighted by molar-refractivity contribution is 5.95. The Bertz CT molecular complexity index is 651. The number of hydrogen-bond donors (Lipinski definition) is 1. The van der Waals surface area contributed by atoms with Gasteiger partial charge < -0.3 is 15.5 Å². The van der Waals surface area contributed by atoms with Crippen LogP contribution >= 0.6 is 0 Å². The summed E-state index contributed by atoms with van der Waals surface area (Å²) in [6.07, 6.45) is 4.11. The molecule has 7 heteroatoms.